The van der Waals surface area contributed by atoms with Crippen molar-refractivity contribution in [1.29, 1.82) is 0 Å². The minimum Gasteiger partial charge on any atom is 0 e. The molecule has 10 radical (unpaired) electrons. The van der Waals surface area contributed by atoms with E-state index in [0.29, 0.717) is 0 Å². The van der Waals surface area contributed by atoms with Gasteiger partial charge in [0.25, 0.3) is 0 Å². The molecule has 0 aromatic heterocycles. The maximum Gasteiger partial charge on any atom is 0 e. The maximum absolute atomic E-state index is 7.50. The van der Waals surface area contributed by atoms with Crippen molar-refractivity contribution in [2.24, 2.45) is 0 Å². The van der Waals surface area contributed by atoms with Gasteiger partial charge in [-0.2, -0.15) is 0 Å². The van der Waals surface area contributed by atoms with Gasteiger partial charge in [-0.25, -0.2) is 0 Å². The summed E-state index contributed by atoms with van der Waals surface area (Å²) in [6.45, 7) is 29.2. The zero-order valence-corrected chi connectivity index (χ0v) is 14.7. The Bertz CT molecular complexity index is 286. The summed E-state index contributed by atoms with van der Waals surface area (Å²) < 4.78 is 45.0. The fourth-order valence-electron chi connectivity index (χ4n) is 1.46. The van der Waals surface area contributed by atoms with Gasteiger partial charge in [-0.05, 0) is 56.3 Å². The van der Waals surface area contributed by atoms with Gasteiger partial charge in [0.05, 0.1) is 0 Å². The second-order valence-corrected chi connectivity index (χ2v) is 2.61. The Morgan fingerprint density at radius 1 is 0.625 bits per heavy atom. The predicted octanol–water partition coefficient (Wildman–Crippen LogP) is 1.94. The summed E-state index contributed by atoms with van der Waals surface area (Å²) in [4.78, 5) is 0. The zero-order valence-electron chi connectivity index (χ0n) is 12.3. The number of fused-ring (bicyclic) bond motifs is 1. The summed E-state index contributed by atoms with van der Waals surface area (Å²) in [7, 11) is 0. The molecule has 0 heterocycles. The SMILES string of the molecule is CC[C]1[CH][CH][C]2[CH][CH][CH][C]21.[C-]#[O+].[C-]#[O+].[C-]#[O+].[C-]#[O+].[C-]#[O+].[C-]#[O+].[Mn].[Mn]. The molecule has 24 heavy (non-hydrogen) atoms. The molecule has 0 unspecified atom stereocenters. The first-order chi connectivity index (χ1) is 10.9. The average Bonchev–Trinajstić information content (AvgIpc) is 3.29. The van der Waals surface area contributed by atoms with E-state index < -0.39 is 0 Å². The second kappa shape index (κ2) is 49.5. The largest absolute Gasteiger partial charge is 0 e. The van der Waals surface area contributed by atoms with Crippen LogP contribution in [0.5, 0.6) is 0 Å². The summed E-state index contributed by atoms with van der Waals surface area (Å²) in [5.41, 5.74) is 0. The van der Waals surface area contributed by atoms with Crippen LogP contribution in [0.4, 0.5) is 0 Å². The Hall–Kier alpha value is -0.521. The Kier molecular flexibility index (Phi) is 90.1. The van der Waals surface area contributed by atoms with Crippen LogP contribution in [-0.2, 0) is 62.1 Å². The van der Waals surface area contributed by atoms with E-state index >= 15 is 0 Å². The molecule has 0 aromatic carbocycles. The van der Waals surface area contributed by atoms with Gasteiger partial charge in [-0.1, -0.05) is 6.92 Å². The molecule has 2 fully saturated rings. The Morgan fingerprint density at radius 2 is 1.00 bits per heavy atom. The number of hydrogen-bond acceptors (Lipinski definition) is 0. The Labute approximate surface area is 165 Å². The summed E-state index contributed by atoms with van der Waals surface area (Å²) in [6.07, 6.45) is 12.0. The third kappa shape index (κ3) is 21.5. The molecule has 2 aliphatic rings. The fourth-order valence-corrected chi connectivity index (χ4v) is 1.46. The van der Waals surface area contributed by atoms with E-state index in [9.17, 15) is 0 Å². The van der Waals surface area contributed by atoms with Crippen LogP contribution in [0.3, 0.4) is 0 Å². The zero-order chi connectivity index (χ0) is 19.0. The van der Waals surface area contributed by atoms with Crippen molar-refractivity contribution in [1.82, 2.24) is 0 Å². The van der Waals surface area contributed by atoms with E-state index in [1.807, 2.05) is 0 Å². The minimum atomic E-state index is 0. The normalized spacial score (nSPS) is 12.9. The summed E-state index contributed by atoms with van der Waals surface area (Å²) >= 11 is 0. The molecular formula is C16H10Mn2O6. The molecule has 6 nitrogen and oxygen atoms in total. The van der Waals surface area contributed by atoms with Crippen LogP contribution in [0.15, 0.2) is 0 Å². The van der Waals surface area contributed by atoms with Crippen LogP contribution < -0.4 is 0 Å². The topological polar surface area (TPSA) is 119 Å². The third-order valence-corrected chi connectivity index (χ3v) is 2.04. The van der Waals surface area contributed by atoms with Crippen LogP contribution >= 0.6 is 0 Å². The molecule has 124 valence electrons. The standard InChI is InChI=1S/C10H10.6CO.2Mn/c1-2-8-6-7-9-4-3-5-10(8)9;6*1-2;;/h3-7H,2H2,1H3;;;;;;;;. The first-order valence-corrected chi connectivity index (χ1v) is 4.94. The van der Waals surface area contributed by atoms with Crippen molar-refractivity contribution in [3.63, 3.8) is 0 Å². The van der Waals surface area contributed by atoms with Crippen LogP contribution in [-0.4, -0.2) is 0 Å². The van der Waals surface area contributed by atoms with E-state index in [4.69, 9.17) is 27.9 Å². The van der Waals surface area contributed by atoms with Gasteiger partial charge in [-0.3, -0.25) is 0 Å². The molecule has 0 spiro atoms. The van der Waals surface area contributed by atoms with Gasteiger partial charge < -0.3 is 0 Å². The maximum atomic E-state index is 7.50. The molecule has 0 amide bonds. The van der Waals surface area contributed by atoms with Crippen LogP contribution in [0.25, 0.3) is 0 Å². The van der Waals surface area contributed by atoms with Crippen LogP contribution in [0, 0.1) is 89.8 Å². The van der Waals surface area contributed by atoms with Crippen molar-refractivity contribution in [3.8, 4) is 0 Å². The average molecular weight is 408 g/mol. The van der Waals surface area contributed by atoms with Crippen molar-refractivity contribution >= 4 is 0 Å². The first kappa shape index (κ1) is 43.7. The molecule has 0 bridgehead atoms. The van der Waals surface area contributed by atoms with Crippen LogP contribution in [0.2, 0.25) is 0 Å². The van der Waals surface area contributed by atoms with Crippen LogP contribution in [0.1, 0.15) is 13.3 Å². The van der Waals surface area contributed by atoms with Crippen molar-refractivity contribution in [2.75, 3.05) is 0 Å². The minimum absolute atomic E-state index is 0. The molecule has 2 rings (SSSR count). The van der Waals surface area contributed by atoms with Gasteiger partial charge in [0.2, 0.25) is 0 Å². The van der Waals surface area contributed by atoms with Crippen molar-refractivity contribution < 1.29 is 62.1 Å². The molecule has 0 atom stereocenters. The molecule has 0 aliphatic heterocycles. The van der Waals surface area contributed by atoms with Gasteiger partial charge >= 0.3 is 67.8 Å². The number of hydrogen-bond donors (Lipinski definition) is 0. The molecule has 2 aliphatic carbocycles. The molecular weight excluding hydrogens is 398 g/mol. The number of rotatable bonds is 1. The first-order valence-electron chi connectivity index (χ1n) is 4.94. The molecule has 0 N–H and O–H groups in total. The smallest absolute Gasteiger partial charge is 0 e. The fraction of sp³-hybridized carbons (Fsp3) is 0.125. The summed E-state index contributed by atoms with van der Waals surface area (Å²) in [5.74, 6) is 4.29. The van der Waals surface area contributed by atoms with E-state index in [-0.39, 0.29) is 34.1 Å². The Morgan fingerprint density at radius 3 is 1.33 bits per heavy atom. The van der Waals surface area contributed by atoms with E-state index in [0.717, 1.165) is 6.42 Å². The predicted molar refractivity (Wildman–Crippen MR) is 65.1 cm³/mol. The Balaban J connectivity index is -0.0000000360. The molecule has 2 saturated carbocycles. The third-order valence-electron chi connectivity index (χ3n) is 2.04. The van der Waals surface area contributed by atoms with Crippen molar-refractivity contribution in [2.45, 2.75) is 13.3 Å². The van der Waals surface area contributed by atoms with Gasteiger partial charge in [0.1, 0.15) is 0 Å². The molecule has 8 heteroatoms. The molecule has 0 aromatic rings. The molecule has 0 saturated heterocycles. The quantitative estimate of drug-likeness (QED) is 0.358. The van der Waals surface area contributed by atoms with Gasteiger partial charge in [-0.15, -0.1) is 0 Å². The van der Waals surface area contributed by atoms with Gasteiger partial charge in [0, 0.05) is 34.1 Å². The second-order valence-electron chi connectivity index (χ2n) is 2.61. The monoisotopic (exact) mass is 408 g/mol. The van der Waals surface area contributed by atoms with E-state index in [1.54, 1.807) is 0 Å². The van der Waals surface area contributed by atoms with Crippen molar-refractivity contribution in [3.05, 3.63) is 89.8 Å². The van der Waals surface area contributed by atoms with Gasteiger partial charge in [0.15, 0.2) is 0 Å². The van der Waals surface area contributed by atoms with E-state index in [1.165, 1.54) is 17.8 Å². The van der Waals surface area contributed by atoms with E-state index in [2.05, 4.69) is 78.9 Å². The summed E-state index contributed by atoms with van der Waals surface area (Å²) in [5, 5.41) is 0. The summed E-state index contributed by atoms with van der Waals surface area (Å²) in [6, 6.07) is 0.